The minimum atomic E-state index is -1.47. The van der Waals surface area contributed by atoms with E-state index in [9.17, 15) is 23.5 Å². The summed E-state index contributed by atoms with van der Waals surface area (Å²) < 4.78 is 34.7. The number of carbonyl (C=O) groups is 1. The van der Waals surface area contributed by atoms with E-state index < -0.39 is 34.3 Å². The quantitative estimate of drug-likeness (QED) is 0.374. The predicted molar refractivity (Wildman–Crippen MR) is 138 cm³/mol. The standard InChI is InChI=1S/C24H19F2NO4.2C2H6/c1-4-6-15(5-2)16-9-7-14(8-10-16)12-27-13-18(24(29)30)22(28)17-11-19(25)20(26)23(31-3)21(17)27;2*1-2/h4-11,13H,1-2,12H2,3H3,(H,29,30);2*1-2H3/b15-6+;;. The van der Waals surface area contributed by atoms with Crippen LogP contribution in [0, 0.1) is 11.6 Å². The molecule has 0 aliphatic carbocycles. The number of carboxylic acid groups (broad SMARTS) is 1. The average Bonchev–Trinajstić information content (AvgIpc) is 2.88. The van der Waals surface area contributed by atoms with E-state index in [0.29, 0.717) is 6.07 Å². The number of nitrogens with zero attached hydrogens (tertiary/aromatic N) is 1. The van der Waals surface area contributed by atoms with Crippen LogP contribution in [0.15, 0.2) is 72.7 Å². The minimum Gasteiger partial charge on any atom is -0.491 e. The van der Waals surface area contributed by atoms with Crippen molar-refractivity contribution >= 4 is 22.4 Å². The fourth-order valence-corrected chi connectivity index (χ4v) is 3.35. The molecule has 5 nitrogen and oxygen atoms in total. The fourth-order valence-electron chi connectivity index (χ4n) is 3.35. The van der Waals surface area contributed by atoms with Crippen LogP contribution in [0.2, 0.25) is 0 Å². The Morgan fingerprint density at radius 1 is 1.11 bits per heavy atom. The van der Waals surface area contributed by atoms with Gasteiger partial charge in [0.05, 0.1) is 18.0 Å². The van der Waals surface area contributed by atoms with E-state index in [0.717, 1.165) is 30.0 Å². The largest absolute Gasteiger partial charge is 0.491 e. The lowest BCUT2D eigenvalue weighted by Crippen LogP contribution is -2.20. The zero-order chi connectivity index (χ0) is 26.7. The maximum atomic E-state index is 14.3. The van der Waals surface area contributed by atoms with Gasteiger partial charge in [0.25, 0.3) is 0 Å². The van der Waals surface area contributed by atoms with E-state index in [-0.39, 0.29) is 17.4 Å². The Kier molecular flexibility index (Phi) is 11.3. The van der Waals surface area contributed by atoms with Gasteiger partial charge in [0.2, 0.25) is 11.2 Å². The summed E-state index contributed by atoms with van der Waals surface area (Å²) in [6.07, 6.45) is 6.24. The van der Waals surface area contributed by atoms with Gasteiger partial charge in [0, 0.05) is 12.7 Å². The first kappa shape index (κ1) is 29.0. The molecular formula is C28H31F2NO4. The Morgan fingerprint density at radius 3 is 2.20 bits per heavy atom. The van der Waals surface area contributed by atoms with E-state index in [1.165, 1.54) is 4.57 Å². The van der Waals surface area contributed by atoms with Gasteiger partial charge in [-0.15, -0.1) is 0 Å². The molecule has 1 N–H and O–H groups in total. The number of hydrogen-bond donors (Lipinski definition) is 1. The monoisotopic (exact) mass is 483 g/mol. The number of aromatic carboxylic acids is 1. The van der Waals surface area contributed by atoms with Crippen LogP contribution in [0.4, 0.5) is 8.78 Å². The van der Waals surface area contributed by atoms with Crippen LogP contribution in [0.1, 0.15) is 49.2 Å². The van der Waals surface area contributed by atoms with E-state index in [2.05, 4.69) is 13.2 Å². The Bertz CT molecular complexity index is 1290. The first-order valence-corrected chi connectivity index (χ1v) is 11.2. The second kappa shape index (κ2) is 13.6. The molecule has 0 unspecified atom stereocenters. The van der Waals surface area contributed by atoms with Crippen LogP contribution in [-0.2, 0) is 6.54 Å². The summed E-state index contributed by atoms with van der Waals surface area (Å²) in [5, 5.41) is 9.12. The molecule has 7 heteroatoms. The molecule has 0 bridgehead atoms. The molecule has 0 fully saturated rings. The highest BCUT2D eigenvalue weighted by atomic mass is 19.2. The number of methoxy groups -OCH3 is 1. The number of aromatic nitrogens is 1. The van der Waals surface area contributed by atoms with Gasteiger partial charge in [-0.05, 0) is 22.8 Å². The third-order valence-electron chi connectivity index (χ3n) is 4.80. The molecule has 0 aliphatic heterocycles. The number of halogens is 2. The van der Waals surface area contributed by atoms with Gasteiger partial charge in [0.15, 0.2) is 11.6 Å². The van der Waals surface area contributed by atoms with E-state index in [4.69, 9.17) is 4.74 Å². The summed E-state index contributed by atoms with van der Waals surface area (Å²) in [4.78, 5) is 24.1. The van der Waals surface area contributed by atoms with Crippen molar-refractivity contribution < 1.29 is 23.4 Å². The second-order valence-corrected chi connectivity index (χ2v) is 6.67. The first-order valence-electron chi connectivity index (χ1n) is 11.2. The maximum Gasteiger partial charge on any atom is 0.341 e. The number of carboxylic acids is 1. The number of hydrogen-bond acceptors (Lipinski definition) is 3. The number of ether oxygens (including phenoxy) is 1. The molecule has 0 radical (unpaired) electrons. The van der Waals surface area contributed by atoms with Crippen molar-refractivity contribution in [3.63, 3.8) is 0 Å². The molecule has 0 saturated heterocycles. The minimum absolute atomic E-state index is 0.0289. The highest BCUT2D eigenvalue weighted by Gasteiger charge is 2.22. The number of rotatable bonds is 7. The van der Waals surface area contributed by atoms with Crippen LogP contribution in [-0.4, -0.2) is 22.8 Å². The van der Waals surface area contributed by atoms with Gasteiger partial charge in [-0.1, -0.05) is 83.3 Å². The van der Waals surface area contributed by atoms with Crippen molar-refractivity contribution in [2.24, 2.45) is 0 Å². The lowest BCUT2D eigenvalue weighted by molar-refractivity contribution is 0.0695. The third kappa shape index (κ3) is 6.32. The fraction of sp³-hybridized carbons (Fsp3) is 0.214. The molecule has 3 aromatic rings. The summed E-state index contributed by atoms with van der Waals surface area (Å²) in [7, 11) is 1.15. The number of pyridine rings is 1. The van der Waals surface area contributed by atoms with Gasteiger partial charge < -0.3 is 14.4 Å². The van der Waals surface area contributed by atoms with Crippen molar-refractivity contribution in [3.05, 3.63) is 106 Å². The lowest BCUT2D eigenvalue weighted by Gasteiger charge is -2.16. The predicted octanol–water partition coefficient (Wildman–Crippen LogP) is 6.84. The van der Waals surface area contributed by atoms with E-state index in [1.54, 1.807) is 30.4 Å². The third-order valence-corrected chi connectivity index (χ3v) is 4.80. The molecule has 0 saturated carbocycles. The zero-order valence-electron chi connectivity index (χ0n) is 20.7. The van der Waals surface area contributed by atoms with Crippen LogP contribution >= 0.6 is 0 Å². The van der Waals surface area contributed by atoms with Crippen molar-refractivity contribution in [2.75, 3.05) is 7.11 Å². The molecule has 35 heavy (non-hydrogen) atoms. The van der Waals surface area contributed by atoms with Gasteiger partial charge in [0.1, 0.15) is 5.56 Å². The van der Waals surface area contributed by atoms with Crippen LogP contribution in [0.25, 0.3) is 16.5 Å². The Balaban J connectivity index is 0.00000145. The van der Waals surface area contributed by atoms with Crippen molar-refractivity contribution in [3.8, 4) is 5.75 Å². The van der Waals surface area contributed by atoms with Crippen molar-refractivity contribution in [2.45, 2.75) is 34.2 Å². The van der Waals surface area contributed by atoms with Crippen LogP contribution < -0.4 is 10.2 Å². The van der Waals surface area contributed by atoms with E-state index >= 15 is 0 Å². The molecule has 0 aliphatic rings. The topological polar surface area (TPSA) is 68.5 Å². The smallest absolute Gasteiger partial charge is 0.341 e. The van der Waals surface area contributed by atoms with Crippen molar-refractivity contribution in [1.29, 1.82) is 0 Å². The Labute approximate surface area is 204 Å². The molecule has 2 aromatic carbocycles. The SMILES string of the molecule is C=C/C=C(\C=C)c1ccc(Cn2cc(C(=O)O)c(=O)c3cc(F)c(F)c(OC)c32)cc1.CC.CC. The van der Waals surface area contributed by atoms with Gasteiger partial charge in [-0.25, -0.2) is 9.18 Å². The molecule has 0 atom stereocenters. The number of benzene rings is 2. The van der Waals surface area contributed by atoms with Crippen LogP contribution in [0.3, 0.4) is 0 Å². The number of allylic oxidation sites excluding steroid dienone is 4. The average molecular weight is 484 g/mol. The first-order chi connectivity index (χ1) is 16.8. The second-order valence-electron chi connectivity index (χ2n) is 6.67. The van der Waals surface area contributed by atoms with Gasteiger partial charge in [-0.2, -0.15) is 4.39 Å². The van der Waals surface area contributed by atoms with Gasteiger partial charge in [-0.3, -0.25) is 4.79 Å². The van der Waals surface area contributed by atoms with Crippen LogP contribution in [0.5, 0.6) is 5.75 Å². The zero-order valence-corrected chi connectivity index (χ0v) is 20.7. The normalized spacial score (nSPS) is 10.4. The molecule has 0 spiro atoms. The van der Waals surface area contributed by atoms with E-state index in [1.807, 2.05) is 39.8 Å². The summed E-state index contributed by atoms with van der Waals surface area (Å²) >= 11 is 0. The molecular weight excluding hydrogens is 452 g/mol. The molecule has 3 rings (SSSR count). The highest BCUT2D eigenvalue weighted by molar-refractivity contribution is 5.94. The Hall–Kier alpha value is -4.00. The summed E-state index contributed by atoms with van der Waals surface area (Å²) in [5.74, 6) is -4.49. The lowest BCUT2D eigenvalue weighted by atomic mass is 10.0. The maximum absolute atomic E-state index is 14.3. The summed E-state index contributed by atoms with van der Waals surface area (Å²) in [5.41, 5.74) is 0.984. The molecule has 0 amide bonds. The van der Waals surface area contributed by atoms with Gasteiger partial charge >= 0.3 is 5.97 Å². The number of fused-ring (bicyclic) bond motifs is 1. The summed E-state index contributed by atoms with van der Waals surface area (Å²) in [6, 6.07) is 7.97. The summed E-state index contributed by atoms with van der Waals surface area (Å²) in [6.45, 7) is 15.5. The molecule has 1 aromatic heterocycles. The molecule has 186 valence electrons. The highest BCUT2D eigenvalue weighted by Crippen LogP contribution is 2.30. The van der Waals surface area contributed by atoms with Crippen molar-refractivity contribution in [1.82, 2.24) is 4.57 Å². The molecule has 1 heterocycles. The Morgan fingerprint density at radius 2 is 1.71 bits per heavy atom.